The van der Waals surface area contributed by atoms with E-state index in [2.05, 4.69) is 5.32 Å². The first-order valence-corrected chi connectivity index (χ1v) is 7.60. The van der Waals surface area contributed by atoms with E-state index >= 15 is 0 Å². The summed E-state index contributed by atoms with van der Waals surface area (Å²) in [5, 5.41) is 33.7. The molecule has 1 saturated heterocycles. The molecule has 0 radical (unpaired) electrons. The van der Waals surface area contributed by atoms with Crippen molar-refractivity contribution >= 4 is 11.4 Å². The minimum Gasteiger partial charge on any atom is -0.422 e. The first-order chi connectivity index (χ1) is 12.9. The van der Waals surface area contributed by atoms with Gasteiger partial charge in [-0.2, -0.15) is 5.26 Å². The third-order valence-electron chi connectivity index (χ3n) is 3.86. The molecule has 11 heteroatoms. The SMILES string of the molecule is N#Cc1c(N2CCN/C2=C\[N+](=O)[O-])cc(-c2ccc([N+](=O)[O-])cc2)oc1=O. The van der Waals surface area contributed by atoms with Crippen LogP contribution in [0.2, 0.25) is 0 Å². The van der Waals surface area contributed by atoms with E-state index in [1.165, 1.54) is 35.2 Å². The molecule has 1 aliphatic heterocycles. The van der Waals surface area contributed by atoms with E-state index in [0.717, 1.165) is 6.20 Å². The maximum absolute atomic E-state index is 12.2. The number of hydrogen-bond acceptors (Lipinski definition) is 9. The summed E-state index contributed by atoms with van der Waals surface area (Å²) in [4.78, 5) is 34.0. The molecule has 2 aromatic rings. The summed E-state index contributed by atoms with van der Waals surface area (Å²) < 4.78 is 5.15. The van der Waals surface area contributed by atoms with E-state index in [4.69, 9.17) is 4.42 Å². The molecule has 0 unspecified atom stereocenters. The third-order valence-corrected chi connectivity index (χ3v) is 3.86. The van der Waals surface area contributed by atoms with Gasteiger partial charge in [0.25, 0.3) is 11.9 Å². The van der Waals surface area contributed by atoms with Crippen molar-refractivity contribution in [1.29, 1.82) is 5.26 Å². The Kier molecular flexibility index (Phi) is 4.54. The van der Waals surface area contributed by atoms with Crippen molar-refractivity contribution in [2.75, 3.05) is 18.0 Å². The molecule has 1 aromatic carbocycles. The van der Waals surface area contributed by atoms with Gasteiger partial charge in [0.05, 0.1) is 15.5 Å². The molecule has 0 spiro atoms. The topological polar surface area (TPSA) is 156 Å². The lowest BCUT2D eigenvalue weighted by Gasteiger charge is -2.18. The van der Waals surface area contributed by atoms with Crippen molar-refractivity contribution in [3.8, 4) is 17.4 Å². The fraction of sp³-hybridized carbons (Fsp3) is 0.125. The molecule has 11 nitrogen and oxygen atoms in total. The standard InChI is InChI=1S/C16H11N5O6/c17-8-12-13(19-6-5-18-15(19)9-20(23)24)7-14(27-16(12)22)10-1-3-11(4-2-10)21(25)26/h1-4,7,9,18H,5-6H2/b15-9+. The van der Waals surface area contributed by atoms with E-state index in [1.54, 1.807) is 6.07 Å². The number of non-ortho nitro benzene ring substituents is 1. The molecule has 3 rings (SSSR count). The first kappa shape index (κ1) is 17.6. The van der Waals surface area contributed by atoms with Gasteiger partial charge in [0.1, 0.15) is 11.8 Å². The fourth-order valence-corrected chi connectivity index (χ4v) is 2.66. The monoisotopic (exact) mass is 369 g/mol. The Hall–Kier alpha value is -4.20. The van der Waals surface area contributed by atoms with Crippen LogP contribution in [0.25, 0.3) is 11.3 Å². The summed E-state index contributed by atoms with van der Waals surface area (Å²) in [6, 6.07) is 8.48. The molecular formula is C16H11N5O6. The van der Waals surface area contributed by atoms with Crippen LogP contribution in [-0.2, 0) is 0 Å². The molecule has 0 bridgehead atoms. The highest BCUT2D eigenvalue weighted by molar-refractivity contribution is 5.70. The number of nitriles is 1. The van der Waals surface area contributed by atoms with Gasteiger partial charge in [-0.05, 0) is 12.1 Å². The lowest BCUT2D eigenvalue weighted by Crippen LogP contribution is -2.23. The van der Waals surface area contributed by atoms with Crippen molar-refractivity contribution in [3.63, 3.8) is 0 Å². The predicted molar refractivity (Wildman–Crippen MR) is 92.2 cm³/mol. The minimum absolute atomic E-state index is 0.0799. The molecule has 1 fully saturated rings. The summed E-state index contributed by atoms with van der Waals surface area (Å²) in [5.74, 6) is 0.216. The summed E-state index contributed by atoms with van der Waals surface area (Å²) in [7, 11) is 0. The van der Waals surface area contributed by atoms with Gasteiger partial charge in [0, 0.05) is 36.9 Å². The van der Waals surface area contributed by atoms with E-state index in [-0.39, 0.29) is 28.5 Å². The van der Waals surface area contributed by atoms with Crippen molar-refractivity contribution in [1.82, 2.24) is 5.32 Å². The largest absolute Gasteiger partial charge is 0.422 e. The van der Waals surface area contributed by atoms with E-state index in [9.17, 15) is 30.3 Å². The van der Waals surface area contributed by atoms with E-state index in [1.807, 2.05) is 0 Å². The number of rotatable bonds is 4. The maximum Gasteiger partial charge on any atom is 0.356 e. The Morgan fingerprint density at radius 3 is 2.56 bits per heavy atom. The molecule has 0 saturated carbocycles. The van der Waals surface area contributed by atoms with Crippen LogP contribution in [0.15, 0.2) is 51.6 Å². The molecule has 0 amide bonds. The maximum atomic E-state index is 12.2. The van der Waals surface area contributed by atoms with Gasteiger partial charge in [-0.25, -0.2) is 4.79 Å². The van der Waals surface area contributed by atoms with Crippen LogP contribution in [0.5, 0.6) is 0 Å². The zero-order valence-electron chi connectivity index (χ0n) is 13.6. The van der Waals surface area contributed by atoms with Crippen LogP contribution in [0.4, 0.5) is 11.4 Å². The Labute approximate surface area is 151 Å². The van der Waals surface area contributed by atoms with Gasteiger partial charge < -0.3 is 14.6 Å². The number of nitrogens with one attached hydrogen (secondary N) is 1. The molecule has 0 atom stereocenters. The molecule has 136 valence electrons. The Morgan fingerprint density at radius 1 is 1.26 bits per heavy atom. The quantitative estimate of drug-likeness (QED) is 0.624. The number of nitro groups is 2. The number of benzene rings is 1. The molecule has 1 N–H and O–H groups in total. The smallest absolute Gasteiger partial charge is 0.356 e. The summed E-state index contributed by atoms with van der Waals surface area (Å²) in [6.07, 6.45) is 0.744. The average molecular weight is 369 g/mol. The Balaban J connectivity index is 2.12. The van der Waals surface area contributed by atoms with Crippen molar-refractivity contribution < 1.29 is 14.3 Å². The molecule has 2 heterocycles. The summed E-state index contributed by atoms with van der Waals surface area (Å²) in [6.45, 7) is 0.690. The van der Waals surface area contributed by atoms with Crippen molar-refractivity contribution in [3.05, 3.63) is 78.6 Å². The van der Waals surface area contributed by atoms with Gasteiger partial charge in [-0.15, -0.1) is 0 Å². The van der Waals surface area contributed by atoms with Gasteiger partial charge >= 0.3 is 5.63 Å². The van der Waals surface area contributed by atoms with Gasteiger partial charge in [0.2, 0.25) is 0 Å². The highest BCUT2D eigenvalue weighted by atomic mass is 16.6. The summed E-state index contributed by atoms with van der Waals surface area (Å²) in [5.41, 5.74) is -0.792. The van der Waals surface area contributed by atoms with Gasteiger partial charge in [0.15, 0.2) is 11.4 Å². The predicted octanol–water partition coefficient (Wildman–Crippen LogP) is 1.57. The van der Waals surface area contributed by atoms with Crippen LogP contribution < -0.4 is 15.8 Å². The normalized spacial score (nSPS) is 14.6. The number of anilines is 1. The number of nitrogens with zero attached hydrogens (tertiary/aromatic N) is 4. The zero-order valence-corrected chi connectivity index (χ0v) is 13.6. The zero-order chi connectivity index (χ0) is 19.6. The lowest BCUT2D eigenvalue weighted by molar-refractivity contribution is -0.403. The van der Waals surface area contributed by atoms with E-state index < -0.39 is 15.5 Å². The average Bonchev–Trinajstić information content (AvgIpc) is 3.08. The van der Waals surface area contributed by atoms with Crippen LogP contribution in [0.3, 0.4) is 0 Å². The lowest BCUT2D eigenvalue weighted by atomic mass is 10.1. The van der Waals surface area contributed by atoms with Crippen LogP contribution in [-0.4, -0.2) is 22.9 Å². The second-order valence-corrected chi connectivity index (χ2v) is 5.45. The Morgan fingerprint density at radius 2 is 1.96 bits per heavy atom. The Bertz CT molecular complexity index is 1050. The number of hydrogen-bond donors (Lipinski definition) is 1. The molecular weight excluding hydrogens is 358 g/mol. The highest BCUT2D eigenvalue weighted by Crippen LogP contribution is 2.29. The second kappa shape index (κ2) is 6.96. The van der Waals surface area contributed by atoms with Crippen LogP contribution in [0.1, 0.15) is 5.56 Å². The van der Waals surface area contributed by atoms with Gasteiger partial charge in [-0.3, -0.25) is 20.2 Å². The molecule has 0 aliphatic carbocycles. The number of nitro benzene ring substituents is 1. The van der Waals surface area contributed by atoms with Gasteiger partial charge in [-0.1, -0.05) is 0 Å². The van der Waals surface area contributed by atoms with Crippen LogP contribution >= 0.6 is 0 Å². The minimum atomic E-state index is -0.907. The van der Waals surface area contributed by atoms with E-state index in [0.29, 0.717) is 18.7 Å². The first-order valence-electron chi connectivity index (χ1n) is 7.60. The van der Waals surface area contributed by atoms with Crippen molar-refractivity contribution in [2.45, 2.75) is 0 Å². The van der Waals surface area contributed by atoms with Crippen molar-refractivity contribution in [2.24, 2.45) is 0 Å². The summed E-state index contributed by atoms with van der Waals surface area (Å²) >= 11 is 0. The molecule has 27 heavy (non-hydrogen) atoms. The second-order valence-electron chi connectivity index (χ2n) is 5.45. The fourth-order valence-electron chi connectivity index (χ4n) is 2.66. The third kappa shape index (κ3) is 3.45. The molecule has 1 aliphatic rings. The highest BCUT2D eigenvalue weighted by Gasteiger charge is 2.26. The molecule has 1 aromatic heterocycles. The van der Waals surface area contributed by atoms with Crippen LogP contribution in [0, 0.1) is 31.6 Å².